The van der Waals surface area contributed by atoms with E-state index < -0.39 is 13.2 Å². The molecule has 1 atom stereocenters. The lowest BCUT2D eigenvalue weighted by molar-refractivity contribution is -0.316. The largest absolute Gasteiger partial charge is 0.475 e. The van der Waals surface area contributed by atoms with E-state index in [1.54, 1.807) is 0 Å². The van der Waals surface area contributed by atoms with Gasteiger partial charge in [-0.05, 0) is 107 Å². The molecular formula is C35H66N2O9P2. The summed E-state index contributed by atoms with van der Waals surface area (Å²) in [5.41, 5.74) is -1.87. The van der Waals surface area contributed by atoms with Crippen molar-refractivity contribution in [2.45, 2.75) is 192 Å². The van der Waals surface area contributed by atoms with Gasteiger partial charge >= 0.3 is 7.82 Å². The molecule has 3 saturated heterocycles. The van der Waals surface area contributed by atoms with Gasteiger partial charge in [-0.3, -0.25) is 23.2 Å². The van der Waals surface area contributed by atoms with Crippen molar-refractivity contribution in [2.75, 3.05) is 26.4 Å². The third-order valence-corrected chi connectivity index (χ3v) is 13.2. The van der Waals surface area contributed by atoms with Gasteiger partial charge in [-0.2, -0.15) is 10.1 Å². The van der Waals surface area contributed by atoms with E-state index in [2.05, 4.69) is 65.5 Å². The molecule has 0 aromatic carbocycles. The number of aliphatic hydroxyl groups is 1. The van der Waals surface area contributed by atoms with Gasteiger partial charge in [-0.15, -0.1) is 0 Å². The zero-order valence-electron chi connectivity index (χ0n) is 31.1. The van der Waals surface area contributed by atoms with Gasteiger partial charge in [0.15, 0.2) is 9.03 Å². The van der Waals surface area contributed by atoms with Crippen LogP contribution < -0.4 is 0 Å². The van der Waals surface area contributed by atoms with Gasteiger partial charge in [-0.1, -0.05) is 38.5 Å². The minimum atomic E-state index is -3.82. The quantitative estimate of drug-likeness (QED) is 0.156. The SMILES string of the molecule is CC1(C)CC(OPOCC2(CO)COP(=O)(OC3CC(C)(C)N(OC4CCCCC4)C(C)(C)C3)OC2)CC(C)(C)N1OC1CCCCC1. The van der Waals surface area contributed by atoms with Crippen LogP contribution in [0.2, 0.25) is 0 Å². The molecule has 1 N–H and O–H groups in total. The minimum absolute atomic E-state index is 0.0125. The van der Waals surface area contributed by atoms with Crippen LogP contribution in [0, 0.1) is 5.41 Å². The van der Waals surface area contributed by atoms with E-state index in [4.69, 9.17) is 32.3 Å². The summed E-state index contributed by atoms with van der Waals surface area (Å²) in [6.07, 6.45) is 15.1. The van der Waals surface area contributed by atoms with Crippen molar-refractivity contribution < 1.29 is 42.0 Å². The van der Waals surface area contributed by atoms with Crippen LogP contribution in [0.5, 0.6) is 0 Å². The molecule has 2 aliphatic carbocycles. The fraction of sp³-hybridized carbons (Fsp3) is 1.00. The average Bonchev–Trinajstić information content (AvgIpc) is 3.00. The maximum Gasteiger partial charge on any atom is 0.475 e. The third-order valence-electron chi connectivity index (χ3n) is 11.0. The van der Waals surface area contributed by atoms with Crippen LogP contribution in [-0.4, -0.2) is 88.2 Å². The van der Waals surface area contributed by atoms with Gasteiger partial charge in [0.05, 0.1) is 56.3 Å². The minimum Gasteiger partial charge on any atom is -0.396 e. The molecule has 3 heterocycles. The highest BCUT2D eigenvalue weighted by atomic mass is 31.2. The maximum atomic E-state index is 13.7. The molecule has 0 aromatic heterocycles. The summed E-state index contributed by atoms with van der Waals surface area (Å²) < 4.78 is 43.7. The third kappa shape index (κ3) is 9.81. The molecule has 0 spiro atoms. The van der Waals surface area contributed by atoms with E-state index in [-0.39, 0.29) is 75.9 Å². The lowest BCUT2D eigenvalue weighted by Crippen LogP contribution is -2.62. The number of rotatable bonds is 12. The van der Waals surface area contributed by atoms with Crippen molar-refractivity contribution in [1.29, 1.82) is 0 Å². The summed E-state index contributed by atoms with van der Waals surface area (Å²) in [7, 11) is -4.03. The van der Waals surface area contributed by atoms with Crippen LogP contribution in [0.4, 0.5) is 0 Å². The van der Waals surface area contributed by atoms with Crippen molar-refractivity contribution in [3.63, 3.8) is 0 Å². The Kier molecular flexibility index (Phi) is 12.9. The first-order valence-electron chi connectivity index (χ1n) is 18.6. The van der Waals surface area contributed by atoms with E-state index in [1.165, 1.54) is 38.5 Å². The Morgan fingerprint density at radius 1 is 0.667 bits per heavy atom. The number of piperidine rings is 2. The average molecular weight is 721 g/mol. The number of aliphatic hydroxyl groups excluding tert-OH is 1. The number of hydrogen-bond donors (Lipinski definition) is 1. The van der Waals surface area contributed by atoms with E-state index in [0.717, 1.165) is 38.5 Å². The summed E-state index contributed by atoms with van der Waals surface area (Å²) in [4.78, 5) is 13.2. The van der Waals surface area contributed by atoms with E-state index in [0.29, 0.717) is 18.9 Å². The normalized spacial score (nSPS) is 34.6. The van der Waals surface area contributed by atoms with Crippen molar-refractivity contribution in [3.8, 4) is 0 Å². The topological polar surface area (TPSA) is 108 Å². The molecule has 3 aliphatic heterocycles. The molecule has 0 bridgehead atoms. The first kappa shape index (κ1) is 39.5. The highest BCUT2D eigenvalue weighted by Gasteiger charge is 2.52. The van der Waals surface area contributed by atoms with Crippen molar-refractivity contribution in [2.24, 2.45) is 5.41 Å². The molecule has 1 unspecified atom stereocenters. The van der Waals surface area contributed by atoms with Gasteiger partial charge in [0.1, 0.15) is 0 Å². The molecule has 5 fully saturated rings. The highest BCUT2D eigenvalue weighted by Crippen LogP contribution is 2.58. The molecule has 0 aromatic rings. The van der Waals surface area contributed by atoms with Gasteiger partial charge < -0.3 is 14.2 Å². The van der Waals surface area contributed by atoms with Crippen LogP contribution >= 0.6 is 16.9 Å². The summed E-state index contributed by atoms with van der Waals surface area (Å²) in [6, 6.07) is 0. The number of phosphoric acid groups is 1. The highest BCUT2D eigenvalue weighted by molar-refractivity contribution is 7.48. The van der Waals surface area contributed by atoms with Crippen molar-refractivity contribution in [1.82, 2.24) is 10.1 Å². The maximum absolute atomic E-state index is 13.7. The molecule has 2 saturated carbocycles. The Hall–Kier alpha value is 0.260. The molecule has 5 aliphatic rings. The van der Waals surface area contributed by atoms with Crippen molar-refractivity contribution in [3.05, 3.63) is 0 Å². The fourth-order valence-corrected chi connectivity index (χ4v) is 11.3. The lowest BCUT2D eigenvalue weighted by atomic mass is 9.80. The fourth-order valence-electron chi connectivity index (χ4n) is 8.97. The van der Waals surface area contributed by atoms with E-state index >= 15 is 0 Å². The second kappa shape index (κ2) is 15.7. The molecule has 5 rings (SSSR count). The number of nitrogens with zero attached hydrogens (tertiary/aromatic N) is 2. The molecule has 0 amide bonds. The van der Waals surface area contributed by atoms with Crippen LogP contribution in [0.25, 0.3) is 0 Å². The molecule has 0 radical (unpaired) electrons. The number of hydroxylamine groups is 4. The zero-order valence-corrected chi connectivity index (χ0v) is 33.0. The molecule has 13 heteroatoms. The Labute approximate surface area is 292 Å². The Morgan fingerprint density at radius 2 is 1.08 bits per heavy atom. The second-order valence-corrected chi connectivity index (χ2v) is 20.2. The van der Waals surface area contributed by atoms with E-state index in [1.807, 2.05) is 0 Å². The molecule has 11 nitrogen and oxygen atoms in total. The Bertz CT molecular complexity index is 1050. The van der Waals surface area contributed by atoms with Crippen LogP contribution in [-0.2, 0) is 36.9 Å². The predicted molar refractivity (Wildman–Crippen MR) is 187 cm³/mol. The molecule has 48 heavy (non-hydrogen) atoms. The van der Waals surface area contributed by atoms with Gasteiger partial charge in [0, 0.05) is 22.2 Å². The Balaban J connectivity index is 1.07. The summed E-state index contributed by atoms with van der Waals surface area (Å²) in [5, 5.41) is 14.7. The summed E-state index contributed by atoms with van der Waals surface area (Å²) in [5.74, 6) is 0. The lowest BCUT2D eigenvalue weighted by Gasteiger charge is -2.54. The Morgan fingerprint density at radius 3 is 1.50 bits per heavy atom. The first-order valence-corrected chi connectivity index (χ1v) is 20.9. The summed E-state index contributed by atoms with van der Waals surface area (Å²) in [6.45, 7) is 17.5. The monoisotopic (exact) mass is 720 g/mol. The molecular weight excluding hydrogens is 654 g/mol. The van der Waals surface area contributed by atoms with Gasteiger partial charge in [0.25, 0.3) is 0 Å². The van der Waals surface area contributed by atoms with Gasteiger partial charge in [0.2, 0.25) is 0 Å². The van der Waals surface area contributed by atoms with Crippen molar-refractivity contribution >= 4 is 16.9 Å². The number of phosphoric ester groups is 1. The smallest absolute Gasteiger partial charge is 0.396 e. The first-order chi connectivity index (χ1) is 22.5. The van der Waals surface area contributed by atoms with E-state index in [9.17, 15) is 9.67 Å². The van der Waals surface area contributed by atoms with Crippen LogP contribution in [0.15, 0.2) is 0 Å². The van der Waals surface area contributed by atoms with Crippen LogP contribution in [0.3, 0.4) is 0 Å². The zero-order chi connectivity index (χ0) is 34.8. The summed E-state index contributed by atoms with van der Waals surface area (Å²) >= 11 is 0. The number of hydrogen-bond acceptors (Lipinski definition) is 11. The molecule has 280 valence electrons. The predicted octanol–water partition coefficient (Wildman–Crippen LogP) is 8.25. The second-order valence-electron chi connectivity index (χ2n) is 17.9. The standard InChI is InChI=1S/C35H66N2O9P2/c1-31(2)19-29(20-32(3,4)36(31)43-27-15-11-9-12-16-27)45-47-40-24-35(23-38)25-41-48(39,42-26-35)46-30-21-33(5,6)37(34(7,8)22-30)44-28-17-13-10-14-18-28/h27-30,38,47H,9-26H2,1-8H3. The van der Waals surface area contributed by atoms with Crippen LogP contribution in [0.1, 0.15) is 145 Å². The van der Waals surface area contributed by atoms with Gasteiger partial charge in [-0.25, -0.2) is 4.57 Å².